The Bertz CT molecular complexity index is 787. The van der Waals surface area contributed by atoms with Gasteiger partial charge in [0.05, 0.1) is 0 Å². The van der Waals surface area contributed by atoms with Crippen molar-refractivity contribution in [2.45, 2.75) is 12.8 Å². The Balaban J connectivity index is 2.09. The predicted molar refractivity (Wildman–Crippen MR) is 78.5 cm³/mol. The highest BCUT2D eigenvalue weighted by Crippen LogP contribution is 2.39. The molecule has 0 radical (unpaired) electrons. The van der Waals surface area contributed by atoms with Gasteiger partial charge in [0, 0.05) is 5.39 Å². The highest BCUT2D eigenvalue weighted by molar-refractivity contribution is 5.96. The molecule has 0 aromatic heterocycles. The molecule has 3 aromatic rings. The molecule has 3 aromatic carbocycles. The van der Waals surface area contributed by atoms with Crippen LogP contribution in [0.25, 0.3) is 21.9 Å². The van der Waals surface area contributed by atoms with Gasteiger partial charge in [0.1, 0.15) is 5.75 Å². The Hall–Kier alpha value is -2.28. The third-order valence-electron chi connectivity index (χ3n) is 4.10. The van der Waals surface area contributed by atoms with Crippen LogP contribution in [0, 0.1) is 0 Å². The van der Waals surface area contributed by atoms with Gasteiger partial charge in [-0.05, 0) is 46.5 Å². The van der Waals surface area contributed by atoms with Crippen LogP contribution in [-0.4, -0.2) is 5.11 Å². The monoisotopic (exact) mass is 246 g/mol. The summed E-state index contributed by atoms with van der Waals surface area (Å²) in [4.78, 5) is 0. The summed E-state index contributed by atoms with van der Waals surface area (Å²) in [6, 6.07) is 18.6. The summed E-state index contributed by atoms with van der Waals surface area (Å²) in [6.07, 6.45) is 2.13. The van der Waals surface area contributed by atoms with Crippen LogP contribution in [0.3, 0.4) is 0 Å². The van der Waals surface area contributed by atoms with E-state index >= 15 is 0 Å². The maximum absolute atomic E-state index is 9.97. The number of hydrogen-bond acceptors (Lipinski definition) is 1. The topological polar surface area (TPSA) is 20.2 Å². The maximum atomic E-state index is 9.97. The molecule has 0 fully saturated rings. The Kier molecular flexibility index (Phi) is 2.16. The number of phenols is 1. The minimum atomic E-state index is 0.374. The lowest BCUT2D eigenvalue weighted by atomic mass is 9.83. The fourth-order valence-corrected chi connectivity index (χ4v) is 3.19. The number of phenolic OH excluding ortho intramolecular Hbond substituents is 1. The first-order valence-electron chi connectivity index (χ1n) is 6.66. The smallest absolute Gasteiger partial charge is 0.123 e. The van der Waals surface area contributed by atoms with Gasteiger partial charge in [-0.25, -0.2) is 0 Å². The largest absolute Gasteiger partial charge is 0.507 e. The zero-order valence-electron chi connectivity index (χ0n) is 10.6. The average molecular weight is 246 g/mol. The van der Waals surface area contributed by atoms with E-state index in [0.29, 0.717) is 5.75 Å². The molecule has 0 bridgehead atoms. The quantitative estimate of drug-likeness (QED) is 0.626. The van der Waals surface area contributed by atoms with Gasteiger partial charge in [-0.15, -0.1) is 0 Å². The van der Waals surface area contributed by atoms with E-state index in [1.54, 1.807) is 6.07 Å². The van der Waals surface area contributed by atoms with Crippen molar-refractivity contribution < 1.29 is 5.11 Å². The summed E-state index contributed by atoms with van der Waals surface area (Å²) >= 11 is 0. The predicted octanol–water partition coefficient (Wildman–Crippen LogP) is 4.31. The number of rotatable bonds is 0. The second kappa shape index (κ2) is 3.86. The fourth-order valence-electron chi connectivity index (χ4n) is 3.19. The third-order valence-corrected chi connectivity index (χ3v) is 4.10. The van der Waals surface area contributed by atoms with Crippen LogP contribution in [0.1, 0.15) is 11.1 Å². The highest BCUT2D eigenvalue weighted by Gasteiger charge is 2.18. The molecule has 0 heterocycles. The SMILES string of the molecule is Oc1cccc2c3c(ccc12)-c1ccccc1CC3. The fraction of sp³-hybridized carbons (Fsp3) is 0.111. The second-order valence-corrected chi connectivity index (χ2v) is 5.12. The third kappa shape index (κ3) is 1.48. The Morgan fingerprint density at radius 1 is 0.684 bits per heavy atom. The molecule has 0 saturated heterocycles. The zero-order chi connectivity index (χ0) is 12.8. The number of hydrogen-bond donors (Lipinski definition) is 1. The lowest BCUT2D eigenvalue weighted by Gasteiger charge is -2.21. The van der Waals surface area contributed by atoms with E-state index < -0.39 is 0 Å². The first kappa shape index (κ1) is 10.6. The van der Waals surface area contributed by atoms with Crippen LogP contribution in [0.5, 0.6) is 5.75 Å². The lowest BCUT2D eigenvalue weighted by molar-refractivity contribution is 0.481. The van der Waals surface area contributed by atoms with E-state index in [4.69, 9.17) is 0 Å². The van der Waals surface area contributed by atoms with E-state index in [9.17, 15) is 5.11 Å². The molecule has 4 rings (SSSR count). The first-order valence-corrected chi connectivity index (χ1v) is 6.66. The Morgan fingerprint density at radius 2 is 1.58 bits per heavy atom. The van der Waals surface area contributed by atoms with Crippen molar-refractivity contribution in [2.75, 3.05) is 0 Å². The van der Waals surface area contributed by atoms with Crippen LogP contribution in [-0.2, 0) is 12.8 Å². The van der Waals surface area contributed by atoms with Crippen LogP contribution in [0.2, 0.25) is 0 Å². The van der Waals surface area contributed by atoms with Crippen molar-refractivity contribution in [3.8, 4) is 16.9 Å². The lowest BCUT2D eigenvalue weighted by Crippen LogP contribution is -2.04. The van der Waals surface area contributed by atoms with Gasteiger partial charge in [0.25, 0.3) is 0 Å². The molecular formula is C18H14O. The van der Waals surface area contributed by atoms with Crippen molar-refractivity contribution in [2.24, 2.45) is 0 Å². The molecular weight excluding hydrogens is 232 g/mol. The van der Waals surface area contributed by atoms with Crippen molar-refractivity contribution in [1.82, 2.24) is 0 Å². The summed E-state index contributed by atoms with van der Waals surface area (Å²) in [5.74, 6) is 0.374. The number of aromatic hydroxyl groups is 1. The van der Waals surface area contributed by atoms with Crippen LogP contribution >= 0.6 is 0 Å². The Labute approximate surface area is 112 Å². The van der Waals surface area contributed by atoms with Crippen LogP contribution in [0.4, 0.5) is 0 Å². The second-order valence-electron chi connectivity index (χ2n) is 5.12. The number of aryl methyl sites for hydroxylation is 2. The van der Waals surface area contributed by atoms with Gasteiger partial charge in [0.2, 0.25) is 0 Å². The van der Waals surface area contributed by atoms with Gasteiger partial charge in [-0.3, -0.25) is 0 Å². The van der Waals surface area contributed by atoms with Crippen molar-refractivity contribution in [1.29, 1.82) is 0 Å². The molecule has 0 saturated carbocycles. The molecule has 0 amide bonds. The molecule has 1 aliphatic rings. The van der Waals surface area contributed by atoms with E-state index in [-0.39, 0.29) is 0 Å². The molecule has 0 unspecified atom stereocenters. The molecule has 0 spiro atoms. The molecule has 1 heteroatoms. The molecule has 1 N–H and O–H groups in total. The van der Waals surface area contributed by atoms with Crippen LogP contribution < -0.4 is 0 Å². The summed E-state index contributed by atoms with van der Waals surface area (Å²) in [5, 5.41) is 12.1. The van der Waals surface area contributed by atoms with E-state index in [1.807, 2.05) is 12.1 Å². The summed E-state index contributed by atoms with van der Waals surface area (Å²) in [7, 11) is 0. The van der Waals surface area contributed by atoms with Gasteiger partial charge in [-0.2, -0.15) is 0 Å². The van der Waals surface area contributed by atoms with Crippen molar-refractivity contribution in [3.05, 3.63) is 65.7 Å². The number of benzene rings is 3. The summed E-state index contributed by atoms with van der Waals surface area (Å²) in [6.45, 7) is 0. The van der Waals surface area contributed by atoms with E-state index in [2.05, 4.69) is 36.4 Å². The van der Waals surface area contributed by atoms with E-state index in [1.165, 1.54) is 27.6 Å². The minimum Gasteiger partial charge on any atom is -0.507 e. The summed E-state index contributed by atoms with van der Waals surface area (Å²) in [5.41, 5.74) is 5.45. The molecule has 1 nitrogen and oxygen atoms in total. The highest BCUT2D eigenvalue weighted by atomic mass is 16.3. The van der Waals surface area contributed by atoms with E-state index in [0.717, 1.165) is 18.2 Å². The number of fused-ring (bicyclic) bond motifs is 5. The Morgan fingerprint density at radius 3 is 2.53 bits per heavy atom. The van der Waals surface area contributed by atoms with Gasteiger partial charge >= 0.3 is 0 Å². The standard InChI is InChI=1S/C18H14O/c19-18-7-3-6-14-16-9-8-12-4-1-2-5-13(12)15(16)10-11-17(14)18/h1-7,10-11,19H,8-9H2. The normalized spacial score (nSPS) is 13.1. The molecule has 1 aliphatic carbocycles. The van der Waals surface area contributed by atoms with Gasteiger partial charge in [-0.1, -0.05) is 48.5 Å². The molecule has 92 valence electrons. The molecule has 0 atom stereocenters. The average Bonchev–Trinajstić information content (AvgIpc) is 2.47. The minimum absolute atomic E-state index is 0.374. The van der Waals surface area contributed by atoms with Gasteiger partial charge < -0.3 is 5.11 Å². The molecule has 19 heavy (non-hydrogen) atoms. The zero-order valence-corrected chi connectivity index (χ0v) is 10.6. The summed E-state index contributed by atoms with van der Waals surface area (Å²) < 4.78 is 0. The van der Waals surface area contributed by atoms with Crippen molar-refractivity contribution in [3.63, 3.8) is 0 Å². The van der Waals surface area contributed by atoms with Crippen molar-refractivity contribution >= 4 is 10.8 Å². The van der Waals surface area contributed by atoms with Gasteiger partial charge in [0.15, 0.2) is 0 Å². The first-order chi connectivity index (χ1) is 9.34. The maximum Gasteiger partial charge on any atom is 0.123 e. The van der Waals surface area contributed by atoms with Crippen LogP contribution in [0.15, 0.2) is 54.6 Å². The molecule has 0 aliphatic heterocycles.